The zero-order valence-corrected chi connectivity index (χ0v) is 17.7. The molecule has 1 N–H and O–H groups in total. The van der Waals surface area contributed by atoms with Crippen LogP contribution in [0.2, 0.25) is 0 Å². The fraction of sp³-hybridized carbons (Fsp3) is 0.579. The van der Waals surface area contributed by atoms with Gasteiger partial charge in [-0.05, 0) is 37.0 Å². The Balaban J connectivity index is 3.22. The Labute approximate surface area is 162 Å². The van der Waals surface area contributed by atoms with Gasteiger partial charge in [-0.3, -0.25) is 4.79 Å². The van der Waals surface area contributed by atoms with Crippen LogP contribution in [0.3, 0.4) is 0 Å². The van der Waals surface area contributed by atoms with E-state index in [0.717, 1.165) is 0 Å². The number of nitrogens with zero attached hydrogens (tertiary/aromatic N) is 1. The first kappa shape index (κ1) is 23.1. The number of ether oxygens (including phenoxy) is 1. The van der Waals surface area contributed by atoms with Crippen molar-refractivity contribution < 1.29 is 22.7 Å². The number of methoxy groups -OCH3 is 1. The van der Waals surface area contributed by atoms with Gasteiger partial charge in [0.2, 0.25) is 10.0 Å². The number of rotatable bonds is 9. The molecule has 1 atom stereocenters. The van der Waals surface area contributed by atoms with E-state index in [9.17, 15) is 18.0 Å². The third-order valence-electron chi connectivity index (χ3n) is 4.29. The van der Waals surface area contributed by atoms with Gasteiger partial charge in [0.1, 0.15) is 6.04 Å². The van der Waals surface area contributed by atoms with Crippen molar-refractivity contribution in [2.75, 3.05) is 20.2 Å². The van der Waals surface area contributed by atoms with Crippen molar-refractivity contribution in [2.45, 2.75) is 52.0 Å². The molecule has 1 rings (SSSR count). The van der Waals surface area contributed by atoms with Crippen molar-refractivity contribution >= 4 is 21.9 Å². The molecule has 0 spiro atoms. The van der Waals surface area contributed by atoms with E-state index in [-0.39, 0.29) is 16.4 Å². The van der Waals surface area contributed by atoms with Crippen molar-refractivity contribution in [3.05, 3.63) is 29.3 Å². The van der Waals surface area contributed by atoms with Crippen molar-refractivity contribution in [3.8, 4) is 0 Å². The van der Waals surface area contributed by atoms with Crippen molar-refractivity contribution in [3.63, 3.8) is 0 Å². The highest BCUT2D eigenvalue weighted by Crippen LogP contribution is 2.20. The number of aryl methyl sites for hydroxylation is 1. The zero-order chi connectivity index (χ0) is 20.8. The minimum Gasteiger partial charge on any atom is -0.467 e. The van der Waals surface area contributed by atoms with E-state index >= 15 is 0 Å². The summed E-state index contributed by atoms with van der Waals surface area (Å²) in [6.07, 6.45) is 0.425. The molecule has 0 aliphatic carbocycles. The third-order valence-corrected chi connectivity index (χ3v) is 6.34. The van der Waals surface area contributed by atoms with Crippen LogP contribution < -0.4 is 5.32 Å². The molecule has 8 heteroatoms. The predicted molar refractivity (Wildman–Crippen MR) is 104 cm³/mol. The molecule has 0 saturated heterocycles. The summed E-state index contributed by atoms with van der Waals surface area (Å²) in [5.41, 5.74) is 0.847. The summed E-state index contributed by atoms with van der Waals surface area (Å²) >= 11 is 0. The first-order valence-electron chi connectivity index (χ1n) is 9.07. The van der Waals surface area contributed by atoms with Gasteiger partial charge in [0.25, 0.3) is 5.91 Å². The Morgan fingerprint density at radius 1 is 1.19 bits per heavy atom. The maximum absolute atomic E-state index is 12.7. The fourth-order valence-electron chi connectivity index (χ4n) is 2.78. The smallest absolute Gasteiger partial charge is 0.328 e. The lowest BCUT2D eigenvalue weighted by Gasteiger charge is -2.21. The van der Waals surface area contributed by atoms with E-state index in [0.29, 0.717) is 25.1 Å². The number of benzene rings is 1. The van der Waals surface area contributed by atoms with Gasteiger partial charge >= 0.3 is 5.97 Å². The standard InChI is InChI=1S/C19H30N2O5S/c1-7-21(8-2)27(24,25)15-10-9-14(5)16(12-15)18(22)20-17(11-13(3)4)19(23)26-6/h9-10,12-13,17H,7-8,11H2,1-6H3,(H,20,22). The highest BCUT2D eigenvalue weighted by Gasteiger charge is 2.26. The summed E-state index contributed by atoms with van der Waals surface area (Å²) < 4.78 is 31.5. The average molecular weight is 399 g/mol. The highest BCUT2D eigenvalue weighted by atomic mass is 32.2. The van der Waals surface area contributed by atoms with Crippen LogP contribution in [0, 0.1) is 12.8 Å². The second-order valence-corrected chi connectivity index (χ2v) is 8.68. The van der Waals surface area contributed by atoms with Crippen molar-refractivity contribution in [1.82, 2.24) is 9.62 Å². The molecule has 1 aromatic carbocycles. The van der Waals surface area contributed by atoms with E-state index in [2.05, 4.69) is 5.32 Å². The maximum Gasteiger partial charge on any atom is 0.328 e. The van der Waals surface area contributed by atoms with E-state index in [1.165, 1.54) is 23.5 Å². The van der Waals surface area contributed by atoms with Gasteiger partial charge in [-0.2, -0.15) is 4.31 Å². The van der Waals surface area contributed by atoms with Crippen molar-refractivity contribution in [1.29, 1.82) is 0 Å². The van der Waals surface area contributed by atoms with Crippen LogP contribution in [0.5, 0.6) is 0 Å². The molecule has 0 aliphatic heterocycles. The van der Waals surface area contributed by atoms with Gasteiger partial charge < -0.3 is 10.1 Å². The van der Waals surface area contributed by atoms with Gasteiger partial charge in [0, 0.05) is 18.7 Å². The molecular weight excluding hydrogens is 368 g/mol. The number of carbonyl (C=O) groups excluding carboxylic acids is 2. The summed E-state index contributed by atoms with van der Waals surface area (Å²) in [4.78, 5) is 24.7. The van der Waals surface area contributed by atoms with Gasteiger partial charge in [0.15, 0.2) is 0 Å². The van der Waals surface area contributed by atoms with E-state index in [1.807, 2.05) is 13.8 Å². The predicted octanol–water partition coefficient (Wildman–Crippen LogP) is 2.34. The fourth-order valence-corrected chi connectivity index (χ4v) is 4.27. The lowest BCUT2D eigenvalue weighted by Crippen LogP contribution is -2.42. The Hall–Kier alpha value is -1.93. The van der Waals surface area contributed by atoms with Gasteiger partial charge in [0.05, 0.1) is 12.0 Å². The van der Waals surface area contributed by atoms with E-state index in [1.54, 1.807) is 26.8 Å². The van der Waals surface area contributed by atoms with E-state index < -0.39 is 27.9 Å². The largest absolute Gasteiger partial charge is 0.467 e. The third kappa shape index (κ3) is 5.77. The first-order chi connectivity index (χ1) is 12.6. The second-order valence-electron chi connectivity index (χ2n) is 6.74. The number of esters is 1. The quantitative estimate of drug-likeness (QED) is 0.645. The average Bonchev–Trinajstić information content (AvgIpc) is 2.60. The molecule has 27 heavy (non-hydrogen) atoms. The molecule has 0 bridgehead atoms. The molecule has 0 heterocycles. The van der Waals surface area contributed by atoms with Crippen LogP contribution in [0.15, 0.2) is 23.1 Å². The first-order valence-corrected chi connectivity index (χ1v) is 10.5. The van der Waals surface area contributed by atoms with Gasteiger partial charge in [-0.1, -0.05) is 33.8 Å². The van der Waals surface area contributed by atoms with Gasteiger partial charge in [-0.25, -0.2) is 13.2 Å². The van der Waals surface area contributed by atoms with Crippen LogP contribution in [-0.2, 0) is 19.6 Å². The Kier molecular flexibility index (Phi) is 8.43. The normalized spacial score (nSPS) is 12.9. The minimum absolute atomic E-state index is 0.0560. The van der Waals surface area contributed by atoms with Gasteiger partial charge in [-0.15, -0.1) is 0 Å². The molecule has 152 valence electrons. The molecule has 0 aromatic heterocycles. The molecule has 0 radical (unpaired) electrons. The van der Waals surface area contributed by atoms with Crippen LogP contribution in [0.1, 0.15) is 50.0 Å². The SMILES string of the molecule is CCN(CC)S(=O)(=O)c1ccc(C)c(C(=O)NC(CC(C)C)C(=O)OC)c1. The summed E-state index contributed by atoms with van der Waals surface area (Å²) in [6, 6.07) is 3.67. The topological polar surface area (TPSA) is 92.8 Å². The minimum atomic E-state index is -3.68. The zero-order valence-electron chi connectivity index (χ0n) is 16.9. The molecule has 0 aliphatic rings. The van der Waals surface area contributed by atoms with Crippen LogP contribution in [0.25, 0.3) is 0 Å². The lowest BCUT2D eigenvalue weighted by atomic mass is 10.0. The summed E-state index contributed by atoms with van der Waals surface area (Å²) in [6.45, 7) is 9.79. The maximum atomic E-state index is 12.7. The molecule has 7 nitrogen and oxygen atoms in total. The van der Waals surface area contributed by atoms with Crippen LogP contribution >= 0.6 is 0 Å². The highest BCUT2D eigenvalue weighted by molar-refractivity contribution is 7.89. The Morgan fingerprint density at radius 3 is 2.26 bits per heavy atom. The molecule has 1 aromatic rings. The molecule has 1 amide bonds. The number of nitrogens with one attached hydrogen (secondary N) is 1. The monoisotopic (exact) mass is 398 g/mol. The summed E-state index contributed by atoms with van der Waals surface area (Å²) in [5, 5.41) is 2.67. The van der Waals surface area contributed by atoms with Crippen LogP contribution in [0.4, 0.5) is 0 Å². The summed E-state index contributed by atoms with van der Waals surface area (Å²) in [7, 11) is -2.41. The summed E-state index contributed by atoms with van der Waals surface area (Å²) in [5.74, 6) is -0.855. The van der Waals surface area contributed by atoms with Crippen LogP contribution in [-0.4, -0.2) is 50.8 Å². The molecule has 0 saturated carbocycles. The molecular formula is C19H30N2O5S. The number of sulfonamides is 1. The number of carbonyl (C=O) groups is 2. The van der Waals surface area contributed by atoms with Crippen molar-refractivity contribution in [2.24, 2.45) is 5.92 Å². The Morgan fingerprint density at radius 2 is 1.78 bits per heavy atom. The molecule has 1 unspecified atom stereocenters. The molecule has 0 fully saturated rings. The second kappa shape index (κ2) is 9.85. The number of hydrogen-bond donors (Lipinski definition) is 1. The lowest BCUT2D eigenvalue weighted by molar-refractivity contribution is -0.143. The number of amides is 1. The Bertz CT molecular complexity index is 770. The number of hydrogen-bond acceptors (Lipinski definition) is 5. The van der Waals surface area contributed by atoms with E-state index in [4.69, 9.17) is 4.74 Å².